The van der Waals surface area contributed by atoms with Crippen molar-refractivity contribution in [3.63, 3.8) is 0 Å². The minimum Gasteiger partial charge on any atom is -0.444 e. The van der Waals surface area contributed by atoms with Crippen molar-refractivity contribution in [3.05, 3.63) is 71.3 Å². The molecule has 0 spiro atoms. The highest BCUT2D eigenvalue weighted by molar-refractivity contribution is 5.92. The minimum atomic E-state index is -0.936. The second-order valence-corrected chi connectivity index (χ2v) is 11.8. The summed E-state index contributed by atoms with van der Waals surface area (Å²) in [6.45, 7) is 16.7. The van der Waals surface area contributed by atoms with Crippen molar-refractivity contribution in [1.29, 1.82) is 0 Å². The standard InChI is InChI=1S/C30H43N3O4/c1-20(2)33(25(26(34)32-29(4,5)6)23-17-13-14-21(3)18-23)27(35)24(19-22-15-11-10-12-16-22)31-28(36)37-30(7,8)9/h10-18,20,24-25H,19H2,1-9H3,(H,31,36)(H,32,34). The minimum absolute atomic E-state index is 0.254. The molecular weight excluding hydrogens is 466 g/mol. The van der Waals surface area contributed by atoms with Crippen LogP contribution in [0.3, 0.4) is 0 Å². The van der Waals surface area contributed by atoms with E-state index < -0.39 is 29.3 Å². The van der Waals surface area contributed by atoms with E-state index in [0.29, 0.717) is 5.56 Å². The summed E-state index contributed by atoms with van der Waals surface area (Å²) in [6.07, 6.45) is -0.430. The molecule has 202 valence electrons. The first-order valence-electron chi connectivity index (χ1n) is 12.8. The van der Waals surface area contributed by atoms with Crippen LogP contribution in [0.1, 0.15) is 78.1 Å². The largest absolute Gasteiger partial charge is 0.444 e. The van der Waals surface area contributed by atoms with Gasteiger partial charge in [0.05, 0.1) is 0 Å². The van der Waals surface area contributed by atoms with Crippen LogP contribution in [0.5, 0.6) is 0 Å². The molecule has 3 amide bonds. The van der Waals surface area contributed by atoms with E-state index in [-0.39, 0.29) is 24.3 Å². The maximum Gasteiger partial charge on any atom is 0.408 e. The zero-order chi connectivity index (χ0) is 28.0. The molecule has 0 saturated carbocycles. The molecule has 2 atom stereocenters. The van der Waals surface area contributed by atoms with Crippen molar-refractivity contribution in [2.45, 2.75) is 98.0 Å². The summed E-state index contributed by atoms with van der Waals surface area (Å²) >= 11 is 0. The lowest BCUT2D eigenvalue weighted by molar-refractivity contribution is -0.145. The number of rotatable bonds is 8. The van der Waals surface area contributed by atoms with E-state index in [1.54, 1.807) is 25.7 Å². The Hall–Kier alpha value is -3.35. The van der Waals surface area contributed by atoms with Crippen molar-refractivity contribution < 1.29 is 19.1 Å². The van der Waals surface area contributed by atoms with Crippen LogP contribution in [0.4, 0.5) is 4.79 Å². The normalized spacial score (nSPS) is 13.5. The van der Waals surface area contributed by atoms with Gasteiger partial charge >= 0.3 is 6.09 Å². The number of aryl methyl sites for hydroxylation is 1. The van der Waals surface area contributed by atoms with Crippen LogP contribution >= 0.6 is 0 Å². The summed E-state index contributed by atoms with van der Waals surface area (Å²) in [7, 11) is 0. The van der Waals surface area contributed by atoms with Crippen molar-refractivity contribution in [1.82, 2.24) is 15.5 Å². The molecule has 0 saturated heterocycles. The molecule has 0 fully saturated rings. The van der Waals surface area contributed by atoms with Gasteiger partial charge in [0.1, 0.15) is 17.7 Å². The number of benzene rings is 2. The number of amides is 3. The molecule has 2 unspecified atom stereocenters. The molecule has 2 rings (SSSR count). The lowest BCUT2D eigenvalue weighted by Crippen LogP contribution is -2.57. The summed E-state index contributed by atoms with van der Waals surface area (Å²) < 4.78 is 5.47. The highest BCUT2D eigenvalue weighted by Crippen LogP contribution is 2.27. The quantitative estimate of drug-likeness (QED) is 0.504. The van der Waals surface area contributed by atoms with Crippen molar-refractivity contribution in [2.24, 2.45) is 0 Å². The highest BCUT2D eigenvalue weighted by Gasteiger charge is 2.38. The SMILES string of the molecule is Cc1cccc(C(C(=O)NC(C)(C)C)N(C(=O)C(Cc2ccccc2)NC(=O)OC(C)(C)C)C(C)C)c1. The van der Waals surface area contributed by atoms with Gasteiger partial charge in [0.25, 0.3) is 0 Å². The number of hydrogen-bond donors (Lipinski definition) is 2. The fourth-order valence-corrected chi connectivity index (χ4v) is 4.08. The summed E-state index contributed by atoms with van der Waals surface area (Å²) in [6, 6.07) is 14.9. The van der Waals surface area contributed by atoms with Gasteiger partial charge in [-0.15, -0.1) is 0 Å². The lowest BCUT2D eigenvalue weighted by Gasteiger charge is -2.38. The molecule has 0 aliphatic rings. The summed E-state index contributed by atoms with van der Waals surface area (Å²) in [5.41, 5.74) is 1.35. The number of carbonyl (C=O) groups excluding carboxylic acids is 3. The molecule has 37 heavy (non-hydrogen) atoms. The van der Waals surface area contributed by atoms with Crippen LogP contribution in [0.25, 0.3) is 0 Å². The third-order valence-electron chi connectivity index (χ3n) is 5.47. The van der Waals surface area contributed by atoms with Crippen molar-refractivity contribution in [3.8, 4) is 0 Å². The summed E-state index contributed by atoms with van der Waals surface area (Å²) in [4.78, 5) is 42.3. The van der Waals surface area contributed by atoms with Crippen LogP contribution in [-0.2, 0) is 20.7 Å². The lowest BCUT2D eigenvalue weighted by atomic mass is 9.97. The van der Waals surface area contributed by atoms with Gasteiger partial charge in [-0.25, -0.2) is 4.79 Å². The average Bonchev–Trinajstić information content (AvgIpc) is 2.74. The molecule has 7 heteroatoms. The topological polar surface area (TPSA) is 87.7 Å². The molecule has 2 N–H and O–H groups in total. The summed E-state index contributed by atoms with van der Waals surface area (Å²) in [5, 5.41) is 5.82. The van der Waals surface area contributed by atoms with Crippen LogP contribution in [0, 0.1) is 6.92 Å². The number of alkyl carbamates (subject to hydrolysis) is 1. The van der Waals surface area contributed by atoms with E-state index in [9.17, 15) is 14.4 Å². The Morgan fingerprint density at radius 1 is 0.919 bits per heavy atom. The van der Waals surface area contributed by atoms with Gasteiger partial charge in [-0.05, 0) is 73.4 Å². The first-order chi connectivity index (χ1) is 17.1. The number of ether oxygens (including phenoxy) is 1. The first kappa shape index (κ1) is 29.9. The second-order valence-electron chi connectivity index (χ2n) is 11.8. The fraction of sp³-hybridized carbons (Fsp3) is 0.500. The third kappa shape index (κ3) is 9.56. The predicted molar refractivity (Wildman–Crippen MR) is 147 cm³/mol. The van der Waals surface area contributed by atoms with Crippen LogP contribution in [-0.4, -0.2) is 46.0 Å². The Balaban J connectivity index is 2.55. The van der Waals surface area contributed by atoms with Gasteiger partial charge in [-0.2, -0.15) is 0 Å². The maximum absolute atomic E-state index is 14.2. The zero-order valence-corrected chi connectivity index (χ0v) is 23.7. The smallest absolute Gasteiger partial charge is 0.408 e. The number of carbonyl (C=O) groups is 3. The molecule has 0 aliphatic heterocycles. The van der Waals surface area contributed by atoms with Gasteiger partial charge in [0, 0.05) is 18.0 Å². The average molecular weight is 510 g/mol. The Kier molecular flexibility index (Phi) is 9.90. The monoisotopic (exact) mass is 509 g/mol. The Morgan fingerprint density at radius 3 is 2.05 bits per heavy atom. The van der Waals surface area contributed by atoms with Gasteiger partial charge in [-0.3, -0.25) is 9.59 Å². The molecular formula is C30H43N3O4. The Bertz CT molecular complexity index is 1070. The predicted octanol–water partition coefficient (Wildman–Crippen LogP) is 5.32. The molecule has 0 aromatic heterocycles. The van der Waals surface area contributed by atoms with E-state index >= 15 is 0 Å². The highest BCUT2D eigenvalue weighted by atomic mass is 16.6. The van der Waals surface area contributed by atoms with Crippen molar-refractivity contribution >= 4 is 17.9 Å². The summed E-state index contributed by atoms with van der Waals surface area (Å²) in [5.74, 6) is -0.642. The van der Waals surface area contributed by atoms with Gasteiger partial charge < -0.3 is 20.3 Å². The van der Waals surface area contributed by atoms with Crippen LogP contribution in [0.2, 0.25) is 0 Å². The van der Waals surface area contributed by atoms with E-state index in [0.717, 1.165) is 11.1 Å². The second kappa shape index (κ2) is 12.3. The van der Waals surface area contributed by atoms with Gasteiger partial charge in [-0.1, -0.05) is 60.2 Å². The molecule has 2 aromatic rings. The van der Waals surface area contributed by atoms with Crippen LogP contribution in [0.15, 0.2) is 54.6 Å². The Labute approximate surface area is 222 Å². The van der Waals surface area contributed by atoms with Gasteiger partial charge in [0.15, 0.2) is 0 Å². The Morgan fingerprint density at radius 2 is 1.54 bits per heavy atom. The van der Waals surface area contributed by atoms with E-state index in [1.165, 1.54) is 0 Å². The molecule has 0 bridgehead atoms. The fourth-order valence-electron chi connectivity index (χ4n) is 4.08. The number of nitrogens with one attached hydrogen (secondary N) is 2. The maximum atomic E-state index is 14.2. The first-order valence-corrected chi connectivity index (χ1v) is 12.8. The molecule has 0 aliphatic carbocycles. The van der Waals surface area contributed by atoms with Crippen LogP contribution < -0.4 is 10.6 Å². The van der Waals surface area contributed by atoms with E-state index in [4.69, 9.17) is 4.74 Å². The molecule has 0 heterocycles. The number of nitrogens with zero attached hydrogens (tertiary/aromatic N) is 1. The third-order valence-corrected chi connectivity index (χ3v) is 5.47. The molecule has 7 nitrogen and oxygen atoms in total. The van der Waals surface area contributed by atoms with Gasteiger partial charge in [0.2, 0.25) is 11.8 Å². The molecule has 2 aromatic carbocycles. The van der Waals surface area contributed by atoms with E-state index in [2.05, 4.69) is 10.6 Å². The zero-order valence-electron chi connectivity index (χ0n) is 23.7. The number of hydrogen-bond acceptors (Lipinski definition) is 4. The molecule has 0 radical (unpaired) electrons. The van der Waals surface area contributed by atoms with Crippen molar-refractivity contribution in [2.75, 3.05) is 0 Å². The van der Waals surface area contributed by atoms with E-state index in [1.807, 2.05) is 96.1 Å².